The molecule has 0 spiro atoms. The van der Waals surface area contributed by atoms with Gasteiger partial charge in [0.15, 0.2) is 5.82 Å². The molecule has 0 unspecified atom stereocenters. The predicted octanol–water partition coefficient (Wildman–Crippen LogP) is 3.96. The molecular formula is C14H10BrClN4. The van der Waals surface area contributed by atoms with Crippen LogP contribution in [-0.2, 0) is 7.05 Å². The number of benzene rings is 1. The van der Waals surface area contributed by atoms with E-state index in [1.165, 1.54) is 0 Å². The van der Waals surface area contributed by atoms with Gasteiger partial charge < -0.3 is 4.57 Å². The molecule has 0 radical (unpaired) electrons. The van der Waals surface area contributed by atoms with Crippen LogP contribution in [0.3, 0.4) is 0 Å². The number of halogens is 2. The number of hydrogen-bond donors (Lipinski definition) is 0. The highest BCUT2D eigenvalue weighted by Crippen LogP contribution is 2.33. The van der Waals surface area contributed by atoms with Crippen molar-refractivity contribution in [2.75, 3.05) is 0 Å². The lowest BCUT2D eigenvalue weighted by Gasteiger charge is -2.08. The molecule has 0 N–H and O–H groups in total. The van der Waals surface area contributed by atoms with Crippen LogP contribution in [0, 0.1) is 0 Å². The highest BCUT2D eigenvalue weighted by molar-refractivity contribution is 9.10. The molecule has 0 aliphatic heterocycles. The summed E-state index contributed by atoms with van der Waals surface area (Å²) in [5, 5.41) is 0.384. The Morgan fingerprint density at radius 3 is 2.55 bits per heavy atom. The Morgan fingerprint density at radius 2 is 1.90 bits per heavy atom. The molecule has 1 aromatic carbocycles. The lowest BCUT2D eigenvalue weighted by molar-refractivity contribution is 0.908. The van der Waals surface area contributed by atoms with Crippen molar-refractivity contribution in [2.45, 2.75) is 0 Å². The summed E-state index contributed by atoms with van der Waals surface area (Å²) in [6.45, 7) is 0. The van der Waals surface area contributed by atoms with Crippen molar-refractivity contribution in [1.29, 1.82) is 0 Å². The van der Waals surface area contributed by atoms with Crippen LogP contribution in [-0.4, -0.2) is 19.5 Å². The van der Waals surface area contributed by atoms with E-state index in [2.05, 4.69) is 30.9 Å². The Morgan fingerprint density at radius 1 is 1.15 bits per heavy atom. The molecule has 100 valence electrons. The van der Waals surface area contributed by atoms with Gasteiger partial charge in [0.05, 0.1) is 22.7 Å². The van der Waals surface area contributed by atoms with Gasteiger partial charge in [0, 0.05) is 12.6 Å². The Labute approximate surface area is 129 Å². The fraction of sp³-hybridized carbons (Fsp3) is 0.0714. The van der Waals surface area contributed by atoms with Crippen molar-refractivity contribution in [3.8, 4) is 22.8 Å². The smallest absolute Gasteiger partial charge is 0.179 e. The van der Waals surface area contributed by atoms with Crippen LogP contribution in [0.4, 0.5) is 0 Å². The lowest BCUT2D eigenvalue weighted by atomic mass is 10.1. The largest absolute Gasteiger partial charge is 0.331 e. The van der Waals surface area contributed by atoms with Crippen molar-refractivity contribution < 1.29 is 0 Å². The number of aryl methyl sites for hydroxylation is 1. The topological polar surface area (TPSA) is 43.6 Å². The van der Waals surface area contributed by atoms with E-state index >= 15 is 0 Å². The summed E-state index contributed by atoms with van der Waals surface area (Å²) in [7, 11) is 1.89. The zero-order chi connectivity index (χ0) is 14.1. The van der Waals surface area contributed by atoms with Gasteiger partial charge >= 0.3 is 0 Å². The Balaban J connectivity index is 2.21. The van der Waals surface area contributed by atoms with Gasteiger partial charge in [-0.25, -0.2) is 15.0 Å². The molecule has 6 heteroatoms. The Hall–Kier alpha value is -1.72. The Kier molecular flexibility index (Phi) is 3.54. The van der Waals surface area contributed by atoms with Gasteiger partial charge in [-0.1, -0.05) is 41.9 Å². The van der Waals surface area contributed by atoms with Gasteiger partial charge in [-0.2, -0.15) is 0 Å². The second-order valence-electron chi connectivity index (χ2n) is 4.26. The normalized spacial score (nSPS) is 10.8. The summed E-state index contributed by atoms with van der Waals surface area (Å²) in [5.41, 5.74) is 2.56. The van der Waals surface area contributed by atoms with Gasteiger partial charge in [0.25, 0.3) is 0 Å². The molecule has 20 heavy (non-hydrogen) atoms. The molecule has 3 rings (SSSR count). The number of aromatic nitrogens is 4. The minimum Gasteiger partial charge on any atom is -0.331 e. The summed E-state index contributed by atoms with van der Waals surface area (Å²) >= 11 is 9.66. The van der Waals surface area contributed by atoms with Crippen LogP contribution in [0.25, 0.3) is 22.8 Å². The van der Waals surface area contributed by atoms with Crippen LogP contribution in [0.1, 0.15) is 0 Å². The van der Waals surface area contributed by atoms with E-state index in [1.54, 1.807) is 12.5 Å². The van der Waals surface area contributed by atoms with Crippen molar-refractivity contribution in [1.82, 2.24) is 19.5 Å². The first-order chi connectivity index (χ1) is 9.66. The standard InChI is InChI=1S/C14H10BrClN4/c1-20-8-17-7-10(20)14-18-12(11(15)13(16)19-14)9-5-3-2-4-6-9/h2-8H,1H3. The molecule has 0 aliphatic rings. The molecule has 0 saturated carbocycles. The minimum atomic E-state index is 0.384. The quantitative estimate of drug-likeness (QED) is 0.658. The van der Waals surface area contributed by atoms with Crippen LogP contribution in [0.5, 0.6) is 0 Å². The predicted molar refractivity (Wildman–Crippen MR) is 82.4 cm³/mol. The third kappa shape index (κ3) is 2.34. The summed E-state index contributed by atoms with van der Waals surface area (Å²) in [4.78, 5) is 13.0. The lowest BCUT2D eigenvalue weighted by Crippen LogP contribution is -1.98. The van der Waals surface area contributed by atoms with E-state index in [9.17, 15) is 0 Å². The van der Waals surface area contributed by atoms with Crippen molar-refractivity contribution in [3.05, 3.63) is 52.5 Å². The van der Waals surface area contributed by atoms with Gasteiger partial charge in [-0.05, 0) is 15.9 Å². The van der Waals surface area contributed by atoms with Crippen LogP contribution >= 0.6 is 27.5 Å². The molecule has 0 bridgehead atoms. The monoisotopic (exact) mass is 348 g/mol. The molecule has 0 saturated heterocycles. The fourth-order valence-corrected chi connectivity index (χ4v) is 2.47. The average Bonchev–Trinajstić information content (AvgIpc) is 2.89. The number of nitrogens with zero attached hydrogens (tertiary/aromatic N) is 4. The SMILES string of the molecule is Cn1cncc1-c1nc(Cl)c(Br)c(-c2ccccc2)n1. The molecule has 0 amide bonds. The average molecular weight is 350 g/mol. The molecule has 2 aromatic heterocycles. The zero-order valence-corrected chi connectivity index (χ0v) is 12.9. The van der Waals surface area contributed by atoms with Gasteiger partial charge in [-0.15, -0.1) is 0 Å². The van der Waals surface area contributed by atoms with E-state index in [1.807, 2.05) is 41.9 Å². The van der Waals surface area contributed by atoms with Gasteiger partial charge in [-0.3, -0.25) is 0 Å². The molecule has 3 aromatic rings. The van der Waals surface area contributed by atoms with E-state index in [0.717, 1.165) is 17.0 Å². The van der Waals surface area contributed by atoms with Crippen molar-refractivity contribution >= 4 is 27.5 Å². The maximum Gasteiger partial charge on any atom is 0.179 e. The van der Waals surface area contributed by atoms with E-state index < -0.39 is 0 Å². The maximum absolute atomic E-state index is 6.21. The highest BCUT2D eigenvalue weighted by Gasteiger charge is 2.15. The maximum atomic E-state index is 6.21. The van der Waals surface area contributed by atoms with Crippen LogP contribution < -0.4 is 0 Å². The third-order valence-corrected chi connectivity index (χ3v) is 4.16. The molecular weight excluding hydrogens is 340 g/mol. The first kappa shape index (κ1) is 13.3. The van der Waals surface area contributed by atoms with E-state index in [4.69, 9.17) is 11.6 Å². The number of rotatable bonds is 2. The number of imidazole rings is 1. The summed E-state index contributed by atoms with van der Waals surface area (Å²) in [6, 6.07) is 9.85. The van der Waals surface area contributed by atoms with E-state index in [0.29, 0.717) is 15.5 Å². The minimum absolute atomic E-state index is 0.384. The molecule has 0 atom stereocenters. The summed E-state index contributed by atoms with van der Waals surface area (Å²) in [5.74, 6) is 0.553. The molecule has 0 aliphatic carbocycles. The van der Waals surface area contributed by atoms with Gasteiger partial charge in [0.1, 0.15) is 10.8 Å². The second kappa shape index (κ2) is 5.34. The zero-order valence-electron chi connectivity index (χ0n) is 10.6. The first-order valence-electron chi connectivity index (χ1n) is 5.92. The van der Waals surface area contributed by atoms with Crippen molar-refractivity contribution in [2.24, 2.45) is 7.05 Å². The molecule has 2 heterocycles. The molecule has 0 fully saturated rings. The Bertz CT molecular complexity index is 755. The summed E-state index contributed by atoms with van der Waals surface area (Å²) in [6.07, 6.45) is 3.42. The molecule has 4 nitrogen and oxygen atoms in total. The fourth-order valence-electron chi connectivity index (χ4n) is 1.89. The van der Waals surface area contributed by atoms with Crippen LogP contribution in [0.2, 0.25) is 5.15 Å². The number of hydrogen-bond acceptors (Lipinski definition) is 3. The second-order valence-corrected chi connectivity index (χ2v) is 5.41. The van der Waals surface area contributed by atoms with Gasteiger partial charge in [0.2, 0.25) is 0 Å². The van der Waals surface area contributed by atoms with Crippen LogP contribution in [0.15, 0.2) is 47.3 Å². The van der Waals surface area contributed by atoms with E-state index in [-0.39, 0.29) is 0 Å². The summed E-state index contributed by atoms with van der Waals surface area (Å²) < 4.78 is 2.55. The van der Waals surface area contributed by atoms with Crippen molar-refractivity contribution in [3.63, 3.8) is 0 Å². The first-order valence-corrected chi connectivity index (χ1v) is 7.09. The third-order valence-electron chi connectivity index (χ3n) is 2.90. The highest BCUT2D eigenvalue weighted by atomic mass is 79.9.